The molecule has 0 fully saturated rings. The number of hydrogen-bond acceptors (Lipinski definition) is 5. The molecule has 0 aliphatic heterocycles. The van der Waals surface area contributed by atoms with E-state index >= 15 is 0 Å². The van der Waals surface area contributed by atoms with E-state index < -0.39 is 28.9 Å². The summed E-state index contributed by atoms with van der Waals surface area (Å²) >= 11 is 0. The van der Waals surface area contributed by atoms with Crippen LogP contribution in [0.1, 0.15) is 40.9 Å². The lowest BCUT2D eigenvalue weighted by atomic mass is 9.83. The fourth-order valence-electron chi connectivity index (χ4n) is 3.04. The lowest BCUT2D eigenvalue weighted by Gasteiger charge is -2.33. The van der Waals surface area contributed by atoms with Crippen molar-refractivity contribution < 1.29 is 32.5 Å². The zero-order valence-corrected chi connectivity index (χ0v) is 18.7. The lowest BCUT2D eigenvalue weighted by Crippen LogP contribution is -2.43. The Morgan fingerprint density at radius 3 is 2.31 bits per heavy atom. The van der Waals surface area contributed by atoms with E-state index in [1.165, 1.54) is 31.4 Å². The summed E-state index contributed by atoms with van der Waals surface area (Å²) in [6.07, 6.45) is -3.52. The predicted octanol–water partition coefficient (Wildman–Crippen LogP) is 4.59. The highest BCUT2D eigenvalue weighted by Crippen LogP contribution is 2.48. The normalized spacial score (nSPS) is 13.7. The van der Waals surface area contributed by atoms with Gasteiger partial charge in [-0.15, -0.1) is 0 Å². The molecule has 1 atom stereocenters. The number of alkyl halides is 3. The van der Waals surface area contributed by atoms with Crippen LogP contribution < -0.4 is 4.74 Å². The van der Waals surface area contributed by atoms with E-state index in [1.54, 1.807) is 25.1 Å². The van der Waals surface area contributed by atoms with E-state index in [0.29, 0.717) is 17.8 Å². The largest absolute Gasteiger partial charge is 0.496 e. The average molecular weight is 452 g/mol. The van der Waals surface area contributed by atoms with E-state index in [0.717, 1.165) is 12.1 Å². The molecule has 0 aliphatic carbocycles. The molecule has 9 heteroatoms. The van der Waals surface area contributed by atoms with Gasteiger partial charge in [0.25, 0.3) is 0 Å². The number of carbonyl (C=O) groups excluding carboxylic acids is 1. The highest BCUT2D eigenvalue weighted by molar-refractivity contribution is 5.89. The molecule has 0 saturated carbocycles. The zero-order chi connectivity index (χ0) is 24.1. The van der Waals surface area contributed by atoms with Gasteiger partial charge >= 0.3 is 12.1 Å². The minimum atomic E-state index is -5.08. The van der Waals surface area contributed by atoms with Crippen molar-refractivity contribution in [2.24, 2.45) is 4.99 Å². The summed E-state index contributed by atoms with van der Waals surface area (Å²) in [5.41, 5.74) is -3.40. The third kappa shape index (κ3) is 5.04. The summed E-state index contributed by atoms with van der Waals surface area (Å²) in [7, 11) is 3.03. The maximum atomic E-state index is 14.3. The molecule has 0 saturated heterocycles. The number of aliphatic imine (C=N–C) groups is 1. The van der Waals surface area contributed by atoms with Crippen molar-refractivity contribution >= 4 is 18.0 Å². The second-order valence-corrected chi connectivity index (χ2v) is 7.16. The lowest BCUT2D eigenvalue weighted by molar-refractivity contribution is -0.248. The molecule has 0 aliphatic rings. The molecule has 0 amide bonds. The van der Waals surface area contributed by atoms with Crippen LogP contribution in [0.25, 0.3) is 0 Å². The number of esters is 1. The summed E-state index contributed by atoms with van der Waals surface area (Å²) < 4.78 is 52.9. The number of rotatable bonds is 8. The molecule has 32 heavy (non-hydrogen) atoms. The molecule has 1 unspecified atom stereocenters. The number of methoxy groups -OCH3 is 1. The van der Waals surface area contributed by atoms with Crippen LogP contribution in [0.3, 0.4) is 0 Å². The molecule has 0 spiro atoms. The standard InChI is InChI=1S/C23H27F3N2O4/c1-6-28(4)14-27-19-13-20(31-5)18(12-15(19)3)22(30,23(24,25)26)17-10-8-16(9-11-17)21(29)32-7-2/h8-14,30H,6-7H2,1-5H3/b27-14+. The van der Waals surface area contributed by atoms with Gasteiger partial charge in [0.2, 0.25) is 5.60 Å². The van der Waals surface area contributed by atoms with Crippen LogP contribution in [0.15, 0.2) is 41.4 Å². The third-order valence-electron chi connectivity index (χ3n) is 5.02. The van der Waals surface area contributed by atoms with Gasteiger partial charge in [0, 0.05) is 25.2 Å². The molecule has 0 bridgehead atoms. The number of aryl methyl sites for hydroxylation is 1. The third-order valence-corrected chi connectivity index (χ3v) is 5.02. The quantitative estimate of drug-likeness (QED) is 0.360. The Kier molecular flexibility index (Phi) is 7.90. The van der Waals surface area contributed by atoms with Gasteiger partial charge in [0.15, 0.2) is 0 Å². The molecule has 0 radical (unpaired) electrons. The first kappa shape index (κ1) is 25.2. The van der Waals surface area contributed by atoms with Crippen LogP contribution in [0, 0.1) is 6.92 Å². The SMILES string of the molecule is CCOC(=O)c1ccc(C(O)(c2cc(C)c(/N=C/N(C)CC)cc2OC)C(F)(F)F)cc1. The van der Waals surface area contributed by atoms with Crippen LogP contribution in [0.2, 0.25) is 0 Å². The van der Waals surface area contributed by atoms with Gasteiger partial charge in [0.1, 0.15) is 5.75 Å². The first-order valence-corrected chi connectivity index (χ1v) is 9.99. The molecule has 0 aromatic heterocycles. The molecule has 6 nitrogen and oxygen atoms in total. The van der Waals surface area contributed by atoms with Gasteiger partial charge in [-0.3, -0.25) is 0 Å². The van der Waals surface area contributed by atoms with Gasteiger partial charge in [-0.25, -0.2) is 9.79 Å². The van der Waals surface area contributed by atoms with Gasteiger partial charge in [0.05, 0.1) is 31.3 Å². The average Bonchev–Trinajstić information content (AvgIpc) is 2.76. The van der Waals surface area contributed by atoms with E-state index in [4.69, 9.17) is 9.47 Å². The van der Waals surface area contributed by atoms with Gasteiger partial charge in [-0.05, 0) is 50.1 Å². The first-order chi connectivity index (χ1) is 15.0. The van der Waals surface area contributed by atoms with Crippen molar-refractivity contribution in [1.82, 2.24) is 4.90 Å². The zero-order valence-electron chi connectivity index (χ0n) is 18.7. The van der Waals surface area contributed by atoms with Crippen LogP contribution in [-0.2, 0) is 10.3 Å². The maximum Gasteiger partial charge on any atom is 0.425 e. The van der Waals surface area contributed by atoms with Crippen molar-refractivity contribution in [3.05, 3.63) is 58.7 Å². The van der Waals surface area contributed by atoms with E-state index in [-0.39, 0.29) is 17.9 Å². The van der Waals surface area contributed by atoms with Crippen molar-refractivity contribution in [2.45, 2.75) is 32.5 Å². The maximum absolute atomic E-state index is 14.3. The predicted molar refractivity (Wildman–Crippen MR) is 116 cm³/mol. The number of ether oxygens (including phenoxy) is 2. The van der Waals surface area contributed by atoms with Crippen molar-refractivity contribution in [2.75, 3.05) is 27.3 Å². The van der Waals surface area contributed by atoms with Crippen LogP contribution in [0.4, 0.5) is 18.9 Å². The Balaban J connectivity index is 2.64. The Morgan fingerprint density at radius 1 is 1.19 bits per heavy atom. The minimum absolute atomic E-state index is 0.0769. The van der Waals surface area contributed by atoms with Crippen molar-refractivity contribution in [3.63, 3.8) is 0 Å². The second-order valence-electron chi connectivity index (χ2n) is 7.16. The Hall–Kier alpha value is -3.07. The van der Waals surface area contributed by atoms with Crippen LogP contribution in [-0.4, -0.2) is 55.8 Å². The summed E-state index contributed by atoms with van der Waals surface area (Å²) in [6, 6.07) is 7.04. The van der Waals surface area contributed by atoms with E-state index in [2.05, 4.69) is 4.99 Å². The Bertz CT molecular complexity index is 974. The van der Waals surface area contributed by atoms with Crippen LogP contribution >= 0.6 is 0 Å². The number of halogens is 3. The molecule has 2 aromatic rings. The minimum Gasteiger partial charge on any atom is -0.496 e. The topological polar surface area (TPSA) is 71.4 Å². The molecule has 1 N–H and O–H groups in total. The summed E-state index contributed by atoms with van der Waals surface area (Å²) in [4.78, 5) is 17.9. The van der Waals surface area contributed by atoms with E-state index in [9.17, 15) is 23.1 Å². The monoisotopic (exact) mass is 452 g/mol. The molecule has 174 valence electrons. The Labute approximate surface area is 185 Å². The van der Waals surface area contributed by atoms with Crippen molar-refractivity contribution in [3.8, 4) is 5.75 Å². The van der Waals surface area contributed by atoms with Crippen LogP contribution in [0.5, 0.6) is 5.75 Å². The van der Waals surface area contributed by atoms with Crippen molar-refractivity contribution in [1.29, 1.82) is 0 Å². The van der Waals surface area contributed by atoms with E-state index in [1.807, 2.05) is 14.0 Å². The number of hydrogen-bond donors (Lipinski definition) is 1. The summed E-state index contributed by atoms with van der Waals surface area (Å²) in [5, 5.41) is 11.0. The molecular weight excluding hydrogens is 425 g/mol. The fraction of sp³-hybridized carbons (Fsp3) is 0.391. The molecular formula is C23H27F3N2O4. The highest BCUT2D eigenvalue weighted by Gasteiger charge is 2.57. The second kappa shape index (κ2) is 10.0. The van der Waals surface area contributed by atoms with Gasteiger partial charge < -0.3 is 19.5 Å². The highest BCUT2D eigenvalue weighted by atomic mass is 19.4. The summed E-state index contributed by atoms with van der Waals surface area (Å²) in [5.74, 6) is -0.835. The molecule has 2 aromatic carbocycles. The number of benzene rings is 2. The Morgan fingerprint density at radius 2 is 1.81 bits per heavy atom. The number of aliphatic hydroxyl groups is 1. The van der Waals surface area contributed by atoms with Gasteiger partial charge in [-0.1, -0.05) is 12.1 Å². The number of nitrogens with zero attached hydrogens (tertiary/aromatic N) is 2. The first-order valence-electron chi connectivity index (χ1n) is 9.99. The fourth-order valence-corrected chi connectivity index (χ4v) is 3.04. The summed E-state index contributed by atoms with van der Waals surface area (Å²) in [6.45, 7) is 5.98. The molecule has 2 rings (SSSR count). The number of carbonyl (C=O) groups is 1. The molecule has 0 heterocycles. The smallest absolute Gasteiger partial charge is 0.425 e. The van der Waals surface area contributed by atoms with Gasteiger partial charge in [-0.2, -0.15) is 13.2 Å².